The van der Waals surface area contributed by atoms with Gasteiger partial charge < -0.3 is 25.8 Å². The highest BCUT2D eigenvalue weighted by atomic mass is 16.5. The Balaban J connectivity index is 1.30. The molecule has 3 atom stereocenters. The fourth-order valence-corrected chi connectivity index (χ4v) is 5.97. The van der Waals surface area contributed by atoms with E-state index in [0.29, 0.717) is 42.5 Å². The quantitative estimate of drug-likeness (QED) is 0.157. The number of allylic oxidation sites excluding steroid dienone is 1. The Hall–Kier alpha value is -4.91. The number of benzene rings is 1. The van der Waals surface area contributed by atoms with Gasteiger partial charge >= 0.3 is 6.03 Å². The lowest BCUT2D eigenvalue weighted by molar-refractivity contribution is 0.170. The normalized spacial score (nSPS) is 20.1. The third-order valence-corrected chi connectivity index (χ3v) is 8.65. The number of hydrogen-bond acceptors (Lipinski definition) is 8. The number of carbonyl (C=O) groups excluding carboxylic acids is 1. The van der Waals surface area contributed by atoms with Gasteiger partial charge in [-0.15, -0.1) is 0 Å². The summed E-state index contributed by atoms with van der Waals surface area (Å²) in [6.07, 6.45) is 10.9. The van der Waals surface area contributed by atoms with Crippen LogP contribution in [0.15, 0.2) is 71.8 Å². The minimum atomic E-state index is -0.420. The van der Waals surface area contributed by atoms with Crippen LogP contribution < -0.4 is 26.6 Å². The number of likely N-dealkylation sites (tertiary alicyclic amines) is 1. The lowest BCUT2D eigenvalue weighted by Crippen LogP contribution is -2.47. The molecule has 5 rings (SSSR count). The lowest BCUT2D eigenvalue weighted by atomic mass is 9.85. The maximum atomic E-state index is 13.3. The van der Waals surface area contributed by atoms with Gasteiger partial charge in [0.25, 0.3) is 0 Å². The Kier molecular flexibility index (Phi) is 10.8. The second-order valence-corrected chi connectivity index (χ2v) is 12.4. The number of nitrogens with zero attached hydrogens (tertiary/aromatic N) is 5. The van der Waals surface area contributed by atoms with Gasteiger partial charge in [-0.2, -0.15) is 5.10 Å². The van der Waals surface area contributed by atoms with Crippen molar-refractivity contribution in [1.29, 1.82) is 10.8 Å². The standard InChI is InChI=1S/C34H46N10O3/c1-22(2)28(35)18-32(39-24-19-38-42(20-24)16-17-45)41-34(46)40-29-12-13-30(27-10-5-4-9-26(27)29)47-25-11-14-31(36)44(21-25)33(37)43-15-7-6-8-23(43)3/h4-5,9-11,14,18-23,29-30,36-37,45H,6-8,12-13,15-17,35H2,1-3H3,(H2,39,40,41,46)/t23-,29?,30?/m0/s1. The number of aliphatic hydroxyl groups excluding tert-OH is 1. The number of ether oxygens (including phenoxy) is 1. The van der Waals surface area contributed by atoms with Crippen molar-refractivity contribution in [3.63, 3.8) is 0 Å². The predicted octanol–water partition coefficient (Wildman–Crippen LogP) is 4.30. The summed E-state index contributed by atoms with van der Waals surface area (Å²) in [5.41, 5.74) is 9.46. The molecule has 3 heterocycles. The van der Waals surface area contributed by atoms with E-state index in [1.54, 1.807) is 46.0 Å². The Morgan fingerprint density at radius 1 is 1.17 bits per heavy atom. The average molecular weight is 643 g/mol. The summed E-state index contributed by atoms with van der Waals surface area (Å²) in [4.78, 5) is 19.9. The number of urea groups is 1. The largest absolute Gasteiger partial charge is 0.484 e. The van der Waals surface area contributed by atoms with Crippen LogP contribution >= 0.6 is 0 Å². The number of amides is 2. The summed E-state index contributed by atoms with van der Waals surface area (Å²) in [7, 11) is 0. The first-order valence-corrected chi connectivity index (χ1v) is 16.3. The van der Waals surface area contributed by atoms with Crippen molar-refractivity contribution in [3.8, 4) is 5.75 Å². The number of fused-ring (bicyclic) bond motifs is 1. The highest BCUT2D eigenvalue weighted by molar-refractivity contribution is 6.05. The molecule has 1 aliphatic carbocycles. The van der Waals surface area contributed by atoms with Crippen molar-refractivity contribution in [2.45, 2.75) is 77.6 Å². The van der Waals surface area contributed by atoms with Crippen molar-refractivity contribution >= 4 is 23.5 Å². The summed E-state index contributed by atoms with van der Waals surface area (Å²) in [5.74, 6) is 1.20. The second-order valence-electron chi connectivity index (χ2n) is 12.4. The van der Waals surface area contributed by atoms with Crippen LogP contribution in [0.5, 0.6) is 5.75 Å². The molecule has 2 unspecified atom stereocenters. The summed E-state index contributed by atoms with van der Waals surface area (Å²) < 4.78 is 9.65. The molecule has 1 aliphatic heterocycles. The smallest absolute Gasteiger partial charge is 0.320 e. The summed E-state index contributed by atoms with van der Waals surface area (Å²) in [6, 6.07) is 10.9. The van der Waals surface area contributed by atoms with Gasteiger partial charge in [-0.05, 0) is 74.3 Å². The van der Waals surface area contributed by atoms with E-state index < -0.39 is 6.03 Å². The third-order valence-electron chi connectivity index (χ3n) is 8.65. The molecule has 0 spiro atoms. The van der Waals surface area contributed by atoms with Gasteiger partial charge in [0.05, 0.1) is 37.8 Å². The van der Waals surface area contributed by atoms with E-state index in [4.69, 9.17) is 21.3 Å². The van der Waals surface area contributed by atoms with Crippen LogP contribution in [0.3, 0.4) is 0 Å². The van der Waals surface area contributed by atoms with Crippen LogP contribution in [0.25, 0.3) is 0 Å². The maximum Gasteiger partial charge on any atom is 0.320 e. The van der Waals surface area contributed by atoms with Crippen molar-refractivity contribution < 1.29 is 14.6 Å². The van der Waals surface area contributed by atoms with Gasteiger partial charge in [-0.3, -0.25) is 25.4 Å². The minimum absolute atomic E-state index is 0.0481. The molecular formula is C34H46N10O3. The molecule has 7 N–H and O–H groups in total. The molecule has 1 aromatic carbocycles. The Morgan fingerprint density at radius 3 is 2.70 bits per heavy atom. The van der Waals surface area contributed by atoms with E-state index in [1.807, 2.05) is 38.1 Å². The minimum Gasteiger partial charge on any atom is -0.484 e. The topological polar surface area (TPSA) is 183 Å². The number of nitrogens with two attached hydrogens (primary N) is 1. The molecule has 2 aromatic heterocycles. The average Bonchev–Trinajstić information content (AvgIpc) is 3.49. The van der Waals surface area contributed by atoms with E-state index in [2.05, 4.69) is 32.5 Å². The molecule has 13 nitrogen and oxygen atoms in total. The number of amidine groups is 1. The number of aliphatic hydroxyl groups is 1. The molecule has 2 aliphatic rings. The zero-order valence-corrected chi connectivity index (χ0v) is 27.3. The fraction of sp³-hybridized carbons (Fsp3) is 0.441. The Labute approximate surface area is 275 Å². The SMILES string of the molecule is CC(C)C(N)=CC(=Nc1cnn(CCO)c1)NC(=O)NC1CCC(Oc2ccc(=N)n(C(=N)N3CCCC[C@@H]3C)c2)c2ccccc21. The van der Waals surface area contributed by atoms with Crippen LogP contribution in [0.2, 0.25) is 0 Å². The molecule has 0 saturated carbocycles. The van der Waals surface area contributed by atoms with Crippen molar-refractivity contribution in [3.05, 3.63) is 83.4 Å². The highest BCUT2D eigenvalue weighted by Gasteiger charge is 2.30. The molecule has 0 radical (unpaired) electrons. The third kappa shape index (κ3) is 8.28. The van der Waals surface area contributed by atoms with Gasteiger partial charge in [-0.1, -0.05) is 38.1 Å². The molecule has 47 heavy (non-hydrogen) atoms. The molecule has 2 amide bonds. The zero-order valence-electron chi connectivity index (χ0n) is 27.3. The number of aliphatic imine (C=N–C) groups is 1. The van der Waals surface area contributed by atoms with E-state index in [9.17, 15) is 9.90 Å². The molecule has 1 saturated heterocycles. The van der Waals surface area contributed by atoms with Crippen LogP contribution in [-0.4, -0.2) is 61.4 Å². The number of pyridine rings is 1. The van der Waals surface area contributed by atoms with Gasteiger partial charge in [0.15, 0.2) is 0 Å². The molecule has 250 valence electrons. The number of nitrogens with one attached hydrogen (secondary N) is 4. The highest BCUT2D eigenvalue weighted by Crippen LogP contribution is 2.38. The molecule has 0 bridgehead atoms. The lowest BCUT2D eigenvalue weighted by Gasteiger charge is -2.36. The van der Waals surface area contributed by atoms with Gasteiger partial charge in [-0.25, -0.2) is 9.79 Å². The first-order chi connectivity index (χ1) is 22.6. The number of rotatable bonds is 8. The van der Waals surface area contributed by atoms with Gasteiger partial charge in [0.2, 0.25) is 5.96 Å². The second kappa shape index (κ2) is 15.1. The summed E-state index contributed by atoms with van der Waals surface area (Å²) in [5, 5.41) is 36.7. The monoisotopic (exact) mass is 642 g/mol. The number of piperidine rings is 1. The number of carbonyl (C=O) groups is 1. The maximum absolute atomic E-state index is 13.3. The Bertz CT molecular complexity index is 1690. The van der Waals surface area contributed by atoms with Crippen molar-refractivity contribution in [2.24, 2.45) is 16.6 Å². The van der Waals surface area contributed by atoms with Crippen LogP contribution in [0.4, 0.5) is 10.5 Å². The molecular weight excluding hydrogens is 596 g/mol. The van der Waals surface area contributed by atoms with E-state index >= 15 is 0 Å². The van der Waals surface area contributed by atoms with Crippen molar-refractivity contribution in [1.82, 2.24) is 29.9 Å². The fourth-order valence-electron chi connectivity index (χ4n) is 5.97. The predicted molar refractivity (Wildman–Crippen MR) is 180 cm³/mol. The van der Waals surface area contributed by atoms with Gasteiger partial charge in [0.1, 0.15) is 28.9 Å². The number of hydrogen-bond donors (Lipinski definition) is 6. The molecule has 3 aromatic rings. The first-order valence-electron chi connectivity index (χ1n) is 16.3. The molecule has 1 fully saturated rings. The first kappa shape index (κ1) is 33.5. The van der Waals surface area contributed by atoms with Gasteiger partial charge in [0, 0.05) is 18.3 Å². The molecule has 13 heteroatoms. The van der Waals surface area contributed by atoms with Crippen LogP contribution in [-0.2, 0) is 6.54 Å². The number of aromatic nitrogens is 3. The summed E-state index contributed by atoms with van der Waals surface area (Å²) in [6.45, 7) is 7.14. The van der Waals surface area contributed by atoms with Crippen molar-refractivity contribution in [2.75, 3.05) is 13.2 Å². The van der Waals surface area contributed by atoms with E-state index in [0.717, 1.165) is 36.9 Å². The Morgan fingerprint density at radius 2 is 1.96 bits per heavy atom. The van der Waals surface area contributed by atoms with E-state index in [1.165, 1.54) is 0 Å². The van der Waals surface area contributed by atoms with E-state index in [-0.39, 0.29) is 42.0 Å². The summed E-state index contributed by atoms with van der Waals surface area (Å²) >= 11 is 0. The van der Waals surface area contributed by atoms with Crippen LogP contribution in [0, 0.1) is 16.7 Å². The zero-order chi connectivity index (χ0) is 33.5. The van der Waals surface area contributed by atoms with Crippen LogP contribution in [0.1, 0.15) is 76.1 Å².